The number of nitrogens with one attached hydrogen (secondary N) is 1. The average Bonchev–Trinajstić information content (AvgIpc) is 3.24. The number of hydrogen-bond donors (Lipinski definition) is 1. The quantitative estimate of drug-likeness (QED) is 0.669. The smallest absolute Gasteiger partial charge is 0.222 e. The van der Waals surface area contributed by atoms with Crippen LogP contribution in [-0.4, -0.2) is 44.1 Å². The predicted octanol–water partition coefficient (Wildman–Crippen LogP) is 3.67. The molecule has 0 bridgehead atoms. The summed E-state index contributed by atoms with van der Waals surface area (Å²) >= 11 is 0. The Hall–Kier alpha value is -3.02. The predicted molar refractivity (Wildman–Crippen MR) is 112 cm³/mol. The van der Waals surface area contributed by atoms with Gasteiger partial charge in [-0.25, -0.2) is 4.98 Å². The summed E-state index contributed by atoms with van der Waals surface area (Å²) < 4.78 is 0. The molecule has 0 atom stereocenters. The van der Waals surface area contributed by atoms with Gasteiger partial charge >= 0.3 is 0 Å². The van der Waals surface area contributed by atoms with Gasteiger partial charge in [0.1, 0.15) is 5.82 Å². The summed E-state index contributed by atoms with van der Waals surface area (Å²) in [6.45, 7) is 1.69. The van der Waals surface area contributed by atoms with Crippen molar-refractivity contribution in [3.8, 4) is 11.4 Å². The molecule has 29 heavy (non-hydrogen) atoms. The third-order valence-corrected chi connectivity index (χ3v) is 5.62. The normalized spacial score (nSPS) is 14.8. The van der Waals surface area contributed by atoms with Crippen LogP contribution in [0.2, 0.25) is 0 Å². The van der Waals surface area contributed by atoms with Crippen LogP contribution < -0.4 is 0 Å². The Morgan fingerprint density at radius 2 is 1.83 bits per heavy atom. The monoisotopic (exact) mass is 389 g/mol. The molecular weight excluding hydrogens is 362 g/mol. The maximum atomic E-state index is 12.5. The molecule has 6 nitrogen and oxygen atoms in total. The van der Waals surface area contributed by atoms with Crippen LogP contribution in [0.1, 0.15) is 37.1 Å². The minimum atomic E-state index is 0.291. The number of piperidine rings is 1. The molecule has 4 rings (SSSR count). The van der Waals surface area contributed by atoms with Crippen LogP contribution in [-0.2, 0) is 17.6 Å². The first kappa shape index (κ1) is 19.3. The number of H-pyrrole nitrogens is 1. The van der Waals surface area contributed by atoms with Gasteiger partial charge in [-0.2, -0.15) is 5.10 Å². The molecule has 0 spiro atoms. The van der Waals surface area contributed by atoms with Crippen molar-refractivity contribution in [2.45, 2.75) is 38.5 Å². The molecule has 1 aromatic carbocycles. The number of amides is 1. The van der Waals surface area contributed by atoms with E-state index in [-0.39, 0.29) is 0 Å². The number of carbonyl (C=O) groups excluding carboxylic acids is 1. The Labute approximate surface area is 171 Å². The number of aryl methyl sites for hydroxylation is 1. The summed E-state index contributed by atoms with van der Waals surface area (Å²) in [7, 11) is 0. The van der Waals surface area contributed by atoms with Crippen LogP contribution in [0.3, 0.4) is 0 Å². The van der Waals surface area contributed by atoms with Crippen LogP contribution in [0.15, 0.2) is 54.9 Å². The lowest BCUT2D eigenvalue weighted by molar-refractivity contribution is -0.132. The Morgan fingerprint density at radius 1 is 1.07 bits per heavy atom. The van der Waals surface area contributed by atoms with Crippen LogP contribution in [0.4, 0.5) is 0 Å². The van der Waals surface area contributed by atoms with E-state index in [1.165, 1.54) is 5.56 Å². The van der Waals surface area contributed by atoms with Gasteiger partial charge in [0.2, 0.25) is 5.91 Å². The van der Waals surface area contributed by atoms with Gasteiger partial charge < -0.3 is 4.90 Å². The lowest BCUT2D eigenvalue weighted by Gasteiger charge is -2.31. The number of aromatic nitrogens is 4. The molecule has 0 saturated carbocycles. The summed E-state index contributed by atoms with van der Waals surface area (Å²) in [6, 6.07) is 14.2. The number of nitrogens with zero attached hydrogens (tertiary/aromatic N) is 4. The third kappa shape index (κ3) is 5.28. The van der Waals surface area contributed by atoms with E-state index < -0.39 is 0 Å². The molecule has 3 heterocycles. The Kier molecular flexibility index (Phi) is 6.29. The number of benzene rings is 1. The zero-order chi connectivity index (χ0) is 19.9. The number of hydrogen-bond acceptors (Lipinski definition) is 4. The third-order valence-electron chi connectivity index (χ3n) is 5.62. The van der Waals surface area contributed by atoms with Gasteiger partial charge in [-0.1, -0.05) is 30.3 Å². The number of rotatable bonds is 7. The van der Waals surface area contributed by atoms with Crippen molar-refractivity contribution in [1.29, 1.82) is 0 Å². The number of carbonyl (C=O) groups is 1. The molecule has 3 aromatic rings. The average molecular weight is 390 g/mol. The number of likely N-dealkylation sites (tertiary alicyclic amines) is 1. The fourth-order valence-electron chi connectivity index (χ4n) is 3.92. The molecule has 1 saturated heterocycles. The van der Waals surface area contributed by atoms with E-state index in [9.17, 15) is 4.79 Å². The minimum Gasteiger partial charge on any atom is -0.343 e. The van der Waals surface area contributed by atoms with Crippen LogP contribution in [0.25, 0.3) is 11.4 Å². The van der Waals surface area contributed by atoms with Crippen LogP contribution in [0.5, 0.6) is 0 Å². The zero-order valence-corrected chi connectivity index (χ0v) is 16.6. The van der Waals surface area contributed by atoms with Crippen molar-refractivity contribution in [2.24, 2.45) is 5.92 Å². The minimum absolute atomic E-state index is 0.291. The molecule has 1 N–H and O–H groups in total. The second-order valence-electron chi connectivity index (χ2n) is 7.71. The van der Waals surface area contributed by atoms with Gasteiger partial charge in [0.25, 0.3) is 0 Å². The molecule has 1 aliphatic rings. The van der Waals surface area contributed by atoms with E-state index in [2.05, 4.69) is 44.4 Å². The molecule has 0 unspecified atom stereocenters. The SMILES string of the molecule is O=C(CCCc1ccccc1)N1CCC(Cc2nc(-c3ccncc3)n[nH]2)CC1. The fraction of sp³-hybridized carbons (Fsp3) is 0.391. The van der Waals surface area contributed by atoms with Crippen molar-refractivity contribution >= 4 is 5.91 Å². The van der Waals surface area contributed by atoms with Gasteiger partial charge in [0.15, 0.2) is 5.82 Å². The lowest BCUT2D eigenvalue weighted by Crippen LogP contribution is -2.38. The maximum absolute atomic E-state index is 12.5. The fourth-order valence-corrected chi connectivity index (χ4v) is 3.92. The highest BCUT2D eigenvalue weighted by Crippen LogP contribution is 2.22. The molecular formula is C23H27N5O. The second kappa shape index (κ2) is 9.45. The van der Waals surface area contributed by atoms with E-state index in [1.54, 1.807) is 12.4 Å². The highest BCUT2D eigenvalue weighted by Gasteiger charge is 2.23. The van der Waals surface area contributed by atoms with Crippen molar-refractivity contribution in [3.63, 3.8) is 0 Å². The summed E-state index contributed by atoms with van der Waals surface area (Å²) in [5.41, 5.74) is 2.27. The standard InChI is InChI=1S/C23H27N5O/c29-22(8-4-7-18-5-2-1-3-6-18)28-15-11-19(12-16-28)17-21-25-23(27-26-21)20-9-13-24-14-10-20/h1-3,5-6,9-10,13-14,19H,4,7-8,11-12,15-17H2,(H,25,26,27). The topological polar surface area (TPSA) is 74.8 Å². The van der Waals surface area contributed by atoms with Gasteiger partial charge in [-0.05, 0) is 49.3 Å². The summed E-state index contributed by atoms with van der Waals surface area (Å²) in [4.78, 5) is 23.2. The van der Waals surface area contributed by atoms with Gasteiger partial charge in [-0.3, -0.25) is 14.9 Å². The second-order valence-corrected chi connectivity index (χ2v) is 7.71. The molecule has 1 amide bonds. The maximum Gasteiger partial charge on any atom is 0.222 e. The van der Waals surface area contributed by atoms with Crippen molar-refractivity contribution in [3.05, 3.63) is 66.2 Å². The summed E-state index contributed by atoms with van der Waals surface area (Å²) in [5, 5.41) is 7.39. The molecule has 1 aliphatic heterocycles. The zero-order valence-electron chi connectivity index (χ0n) is 16.6. The van der Waals surface area contributed by atoms with E-state index in [1.807, 2.05) is 23.1 Å². The lowest BCUT2D eigenvalue weighted by atomic mass is 9.93. The first-order chi connectivity index (χ1) is 14.3. The van der Waals surface area contributed by atoms with E-state index in [0.29, 0.717) is 24.1 Å². The Bertz CT molecular complexity index is 901. The van der Waals surface area contributed by atoms with Crippen LogP contribution >= 0.6 is 0 Å². The Morgan fingerprint density at radius 3 is 2.59 bits per heavy atom. The molecule has 150 valence electrons. The molecule has 1 fully saturated rings. The van der Waals surface area contributed by atoms with Crippen molar-refractivity contribution < 1.29 is 4.79 Å². The van der Waals surface area contributed by atoms with E-state index in [4.69, 9.17) is 0 Å². The molecule has 0 radical (unpaired) electrons. The highest BCUT2D eigenvalue weighted by molar-refractivity contribution is 5.76. The number of aromatic amines is 1. The highest BCUT2D eigenvalue weighted by atomic mass is 16.2. The molecule has 6 heteroatoms. The van der Waals surface area contributed by atoms with Gasteiger partial charge in [0, 0.05) is 43.9 Å². The van der Waals surface area contributed by atoms with E-state index in [0.717, 1.165) is 56.6 Å². The van der Waals surface area contributed by atoms with Gasteiger partial charge in [-0.15, -0.1) is 0 Å². The first-order valence-corrected chi connectivity index (χ1v) is 10.4. The summed E-state index contributed by atoms with van der Waals surface area (Å²) in [5.74, 6) is 2.47. The largest absolute Gasteiger partial charge is 0.343 e. The van der Waals surface area contributed by atoms with Gasteiger partial charge in [0.05, 0.1) is 0 Å². The van der Waals surface area contributed by atoms with Crippen LogP contribution in [0, 0.1) is 5.92 Å². The van der Waals surface area contributed by atoms with Crippen molar-refractivity contribution in [2.75, 3.05) is 13.1 Å². The summed E-state index contributed by atoms with van der Waals surface area (Å²) in [6.07, 6.45) is 8.94. The first-order valence-electron chi connectivity index (χ1n) is 10.4. The molecule has 0 aliphatic carbocycles. The van der Waals surface area contributed by atoms with E-state index >= 15 is 0 Å². The van der Waals surface area contributed by atoms with Crippen molar-refractivity contribution in [1.82, 2.24) is 25.1 Å². The number of pyridine rings is 1. The molecule has 2 aromatic heterocycles. The Balaban J connectivity index is 1.20.